The first-order valence-corrected chi connectivity index (χ1v) is 6.72. The molecule has 0 spiro atoms. The molecule has 0 aliphatic rings. The van der Waals surface area contributed by atoms with Gasteiger partial charge in [0.05, 0.1) is 12.1 Å². The maximum absolute atomic E-state index is 13.3. The second kappa shape index (κ2) is 7.41. The molecular formula is C15H17FN4O. The van der Waals surface area contributed by atoms with Gasteiger partial charge in [-0.25, -0.2) is 14.1 Å². The smallest absolute Gasteiger partial charge is 0.164 e. The molecule has 1 heterocycles. The maximum atomic E-state index is 13.3. The third-order valence-corrected chi connectivity index (χ3v) is 2.75. The third-order valence-electron chi connectivity index (χ3n) is 2.75. The molecule has 110 valence electrons. The molecule has 0 saturated heterocycles. The number of rotatable bonds is 5. The lowest BCUT2D eigenvalue weighted by molar-refractivity contribution is 0.285. The Kier molecular flexibility index (Phi) is 5.29. The minimum absolute atomic E-state index is 0.209. The monoisotopic (exact) mass is 288 g/mol. The number of hydrogen-bond donors (Lipinski definition) is 1. The van der Waals surface area contributed by atoms with Crippen molar-refractivity contribution in [1.82, 2.24) is 14.8 Å². The van der Waals surface area contributed by atoms with Gasteiger partial charge in [0.25, 0.3) is 0 Å². The summed E-state index contributed by atoms with van der Waals surface area (Å²) < 4.78 is 20.7. The molecule has 0 amide bonds. The van der Waals surface area contributed by atoms with Crippen LogP contribution < -0.4 is 10.5 Å². The lowest BCUT2D eigenvalue weighted by Crippen LogP contribution is -2.09. The molecule has 0 aliphatic carbocycles. The van der Waals surface area contributed by atoms with Crippen LogP contribution in [0.25, 0.3) is 0 Å². The Morgan fingerprint density at radius 3 is 3.05 bits per heavy atom. The SMILES string of the molecule is CCCn1ncnc1COc1ccc(F)cc1C#CCN. The number of aryl methyl sites for hydroxylation is 1. The zero-order chi connectivity index (χ0) is 15.1. The molecule has 0 saturated carbocycles. The van der Waals surface area contributed by atoms with E-state index in [1.807, 2.05) is 0 Å². The normalized spacial score (nSPS) is 10.0. The van der Waals surface area contributed by atoms with Crippen LogP contribution in [0.5, 0.6) is 5.75 Å². The number of aromatic nitrogens is 3. The van der Waals surface area contributed by atoms with E-state index in [0.717, 1.165) is 18.8 Å². The molecule has 1 aromatic heterocycles. The minimum Gasteiger partial charge on any atom is -0.484 e. The van der Waals surface area contributed by atoms with Crippen LogP contribution in [-0.2, 0) is 13.2 Å². The number of benzene rings is 1. The summed E-state index contributed by atoms with van der Waals surface area (Å²) in [5, 5.41) is 4.13. The van der Waals surface area contributed by atoms with E-state index in [-0.39, 0.29) is 19.0 Å². The van der Waals surface area contributed by atoms with Crippen LogP contribution in [0.15, 0.2) is 24.5 Å². The highest BCUT2D eigenvalue weighted by atomic mass is 19.1. The highest BCUT2D eigenvalue weighted by molar-refractivity contribution is 5.46. The third kappa shape index (κ3) is 4.04. The Labute approximate surface area is 122 Å². The second-order valence-corrected chi connectivity index (χ2v) is 4.33. The number of nitrogens with two attached hydrogens (primary N) is 1. The van der Waals surface area contributed by atoms with Gasteiger partial charge in [0, 0.05) is 6.54 Å². The van der Waals surface area contributed by atoms with E-state index in [4.69, 9.17) is 10.5 Å². The molecule has 6 heteroatoms. The molecule has 0 radical (unpaired) electrons. The quantitative estimate of drug-likeness (QED) is 0.851. The van der Waals surface area contributed by atoms with E-state index in [2.05, 4.69) is 28.8 Å². The summed E-state index contributed by atoms with van der Waals surface area (Å²) in [6.07, 6.45) is 2.45. The van der Waals surface area contributed by atoms with E-state index in [1.54, 1.807) is 10.7 Å². The van der Waals surface area contributed by atoms with E-state index in [9.17, 15) is 4.39 Å². The molecule has 2 aromatic rings. The Morgan fingerprint density at radius 1 is 1.43 bits per heavy atom. The van der Waals surface area contributed by atoms with Crippen molar-refractivity contribution in [2.75, 3.05) is 6.54 Å². The van der Waals surface area contributed by atoms with Gasteiger partial charge in [-0.1, -0.05) is 18.8 Å². The predicted molar refractivity (Wildman–Crippen MR) is 77.0 cm³/mol. The molecule has 5 nitrogen and oxygen atoms in total. The molecular weight excluding hydrogens is 271 g/mol. The zero-order valence-electron chi connectivity index (χ0n) is 11.8. The van der Waals surface area contributed by atoms with Gasteiger partial charge < -0.3 is 10.5 Å². The number of halogens is 1. The molecule has 0 aliphatic heterocycles. The van der Waals surface area contributed by atoms with Gasteiger partial charge in [-0.15, -0.1) is 0 Å². The van der Waals surface area contributed by atoms with Gasteiger partial charge in [0.1, 0.15) is 24.5 Å². The average Bonchev–Trinajstić information content (AvgIpc) is 2.92. The molecule has 0 unspecified atom stereocenters. The zero-order valence-corrected chi connectivity index (χ0v) is 11.8. The van der Waals surface area contributed by atoms with Gasteiger partial charge in [0.15, 0.2) is 5.82 Å². The van der Waals surface area contributed by atoms with Crippen LogP contribution in [-0.4, -0.2) is 21.3 Å². The number of ether oxygens (including phenoxy) is 1. The summed E-state index contributed by atoms with van der Waals surface area (Å²) in [6, 6.07) is 4.21. The first kappa shape index (κ1) is 15.0. The van der Waals surface area contributed by atoms with Crippen molar-refractivity contribution < 1.29 is 9.13 Å². The van der Waals surface area contributed by atoms with Crippen molar-refractivity contribution in [2.24, 2.45) is 5.73 Å². The van der Waals surface area contributed by atoms with Gasteiger partial charge in [0.2, 0.25) is 0 Å². The van der Waals surface area contributed by atoms with E-state index < -0.39 is 0 Å². The van der Waals surface area contributed by atoms with Crippen LogP contribution in [0.4, 0.5) is 4.39 Å². The van der Waals surface area contributed by atoms with Gasteiger partial charge in [-0.3, -0.25) is 0 Å². The predicted octanol–water partition coefficient (Wildman–Crippen LogP) is 1.72. The van der Waals surface area contributed by atoms with Crippen LogP contribution in [0, 0.1) is 17.7 Å². The second-order valence-electron chi connectivity index (χ2n) is 4.33. The standard InChI is InChI=1S/C15H17FN4O/c1-2-8-20-15(18-11-19-20)10-21-14-6-5-13(16)9-12(14)4-3-7-17/h5-6,9,11H,2,7-8,10,17H2,1H3. The van der Waals surface area contributed by atoms with E-state index in [1.165, 1.54) is 18.5 Å². The Balaban J connectivity index is 2.14. The summed E-state index contributed by atoms with van der Waals surface area (Å²) in [7, 11) is 0. The molecule has 0 fully saturated rings. The molecule has 2 rings (SSSR count). The first-order chi connectivity index (χ1) is 10.2. The van der Waals surface area contributed by atoms with Crippen molar-refractivity contribution in [3.05, 3.63) is 41.7 Å². The maximum Gasteiger partial charge on any atom is 0.164 e. The molecule has 0 atom stereocenters. The van der Waals surface area contributed by atoms with Gasteiger partial charge >= 0.3 is 0 Å². The highest BCUT2D eigenvalue weighted by Gasteiger charge is 2.07. The van der Waals surface area contributed by atoms with Crippen molar-refractivity contribution in [1.29, 1.82) is 0 Å². The molecule has 2 N–H and O–H groups in total. The Bertz CT molecular complexity index is 657. The summed E-state index contributed by atoms with van der Waals surface area (Å²) in [5.74, 6) is 6.36. The fraction of sp³-hybridized carbons (Fsp3) is 0.333. The summed E-state index contributed by atoms with van der Waals surface area (Å²) in [6.45, 7) is 3.30. The van der Waals surface area contributed by atoms with Crippen molar-refractivity contribution >= 4 is 0 Å². The van der Waals surface area contributed by atoms with Crippen molar-refractivity contribution in [3.8, 4) is 17.6 Å². The van der Waals surface area contributed by atoms with E-state index >= 15 is 0 Å². The van der Waals surface area contributed by atoms with Gasteiger partial charge in [-0.2, -0.15) is 5.10 Å². The van der Waals surface area contributed by atoms with Crippen LogP contribution in [0.1, 0.15) is 24.7 Å². The number of nitrogens with zero attached hydrogens (tertiary/aromatic N) is 3. The first-order valence-electron chi connectivity index (χ1n) is 6.72. The van der Waals surface area contributed by atoms with E-state index in [0.29, 0.717) is 11.3 Å². The van der Waals surface area contributed by atoms with Crippen molar-refractivity contribution in [3.63, 3.8) is 0 Å². The molecule has 1 aromatic carbocycles. The lowest BCUT2D eigenvalue weighted by Gasteiger charge is -2.09. The fourth-order valence-electron chi connectivity index (χ4n) is 1.81. The molecule has 0 bridgehead atoms. The number of hydrogen-bond acceptors (Lipinski definition) is 4. The van der Waals surface area contributed by atoms with Crippen molar-refractivity contribution in [2.45, 2.75) is 26.5 Å². The summed E-state index contributed by atoms with van der Waals surface area (Å²) >= 11 is 0. The topological polar surface area (TPSA) is 66.0 Å². The Morgan fingerprint density at radius 2 is 2.29 bits per heavy atom. The molecule has 21 heavy (non-hydrogen) atoms. The largest absolute Gasteiger partial charge is 0.484 e. The van der Waals surface area contributed by atoms with Crippen LogP contribution in [0.2, 0.25) is 0 Å². The van der Waals surface area contributed by atoms with Crippen LogP contribution in [0.3, 0.4) is 0 Å². The van der Waals surface area contributed by atoms with Gasteiger partial charge in [-0.05, 0) is 24.6 Å². The summed E-state index contributed by atoms with van der Waals surface area (Å²) in [4.78, 5) is 4.16. The summed E-state index contributed by atoms with van der Waals surface area (Å²) in [5.41, 5.74) is 5.81. The minimum atomic E-state index is -0.363. The van der Waals surface area contributed by atoms with Crippen LogP contribution >= 0.6 is 0 Å². The average molecular weight is 288 g/mol. The fourth-order valence-corrected chi connectivity index (χ4v) is 1.81. The Hall–Kier alpha value is -2.39. The highest BCUT2D eigenvalue weighted by Crippen LogP contribution is 2.19. The lowest BCUT2D eigenvalue weighted by atomic mass is 10.2.